The Morgan fingerprint density at radius 1 is 1.75 bits per heavy atom. The molecule has 1 aromatic heterocycles. The molecule has 0 aliphatic rings. The topological polar surface area (TPSA) is 71.8 Å². The average molecular weight is 184 g/mol. The van der Waals surface area contributed by atoms with Gasteiger partial charge >= 0.3 is 0 Å². The van der Waals surface area contributed by atoms with Crippen LogP contribution >= 0.6 is 11.6 Å². The lowest BCUT2D eigenvalue weighted by atomic mass is 10.3. The second-order valence-corrected chi connectivity index (χ2v) is 2.67. The molecule has 0 bridgehead atoms. The van der Waals surface area contributed by atoms with Crippen molar-refractivity contribution in [2.75, 3.05) is 5.73 Å². The van der Waals surface area contributed by atoms with Crippen molar-refractivity contribution in [3.05, 3.63) is 27.0 Å². The standard InChI is InChI=1S/C7H6ClN3O/c1-11-6(12)2-5(8)4(3-9)7(11)10/h2H,10H2,1H3. The Balaban J connectivity index is 3.66. The van der Waals surface area contributed by atoms with Crippen LogP contribution in [-0.2, 0) is 7.05 Å². The molecule has 0 saturated carbocycles. The largest absolute Gasteiger partial charge is 0.384 e. The molecule has 0 radical (unpaired) electrons. The van der Waals surface area contributed by atoms with Gasteiger partial charge in [-0.2, -0.15) is 5.26 Å². The highest BCUT2D eigenvalue weighted by Crippen LogP contribution is 2.17. The molecule has 1 aromatic rings. The number of nitrogens with zero attached hydrogens (tertiary/aromatic N) is 2. The first-order chi connectivity index (χ1) is 5.57. The molecule has 0 saturated heterocycles. The molecule has 1 heterocycles. The summed E-state index contributed by atoms with van der Waals surface area (Å²) < 4.78 is 1.17. The molecule has 0 spiro atoms. The fraction of sp³-hybridized carbons (Fsp3) is 0.143. The summed E-state index contributed by atoms with van der Waals surface area (Å²) in [7, 11) is 1.48. The molecular formula is C7H6ClN3O. The van der Waals surface area contributed by atoms with Crippen molar-refractivity contribution in [2.24, 2.45) is 7.05 Å². The highest BCUT2D eigenvalue weighted by Gasteiger charge is 2.08. The van der Waals surface area contributed by atoms with Crippen LogP contribution < -0.4 is 11.3 Å². The maximum absolute atomic E-state index is 11.0. The van der Waals surface area contributed by atoms with Gasteiger partial charge in [-0.15, -0.1) is 0 Å². The van der Waals surface area contributed by atoms with Crippen LogP contribution in [0.25, 0.3) is 0 Å². The van der Waals surface area contributed by atoms with Gasteiger partial charge in [-0.25, -0.2) is 0 Å². The highest BCUT2D eigenvalue weighted by atomic mass is 35.5. The Kier molecular flexibility index (Phi) is 2.07. The van der Waals surface area contributed by atoms with Gasteiger partial charge in [-0.3, -0.25) is 9.36 Å². The van der Waals surface area contributed by atoms with E-state index >= 15 is 0 Å². The summed E-state index contributed by atoms with van der Waals surface area (Å²) in [6.45, 7) is 0. The number of anilines is 1. The smallest absolute Gasteiger partial charge is 0.253 e. The van der Waals surface area contributed by atoms with Crippen LogP contribution in [0, 0.1) is 11.3 Å². The summed E-state index contributed by atoms with van der Waals surface area (Å²) >= 11 is 5.59. The first-order valence-corrected chi connectivity index (χ1v) is 3.51. The van der Waals surface area contributed by atoms with Gasteiger partial charge in [-0.05, 0) is 0 Å². The lowest BCUT2D eigenvalue weighted by Crippen LogP contribution is -2.20. The SMILES string of the molecule is Cn1c(N)c(C#N)c(Cl)cc1=O. The summed E-state index contributed by atoms with van der Waals surface area (Å²) in [5, 5.41) is 8.68. The molecule has 62 valence electrons. The molecule has 0 amide bonds. The number of nitrogen functional groups attached to an aromatic ring is 1. The quantitative estimate of drug-likeness (QED) is 0.637. The minimum absolute atomic E-state index is 0.0926. The Bertz CT molecular complexity index is 416. The normalized spacial score (nSPS) is 9.42. The zero-order chi connectivity index (χ0) is 9.30. The number of hydrogen-bond acceptors (Lipinski definition) is 3. The van der Waals surface area contributed by atoms with E-state index in [0.717, 1.165) is 6.07 Å². The van der Waals surface area contributed by atoms with E-state index in [0.29, 0.717) is 0 Å². The van der Waals surface area contributed by atoms with E-state index in [-0.39, 0.29) is 22.0 Å². The van der Waals surface area contributed by atoms with Crippen LogP contribution in [0.3, 0.4) is 0 Å². The number of rotatable bonds is 0. The van der Waals surface area contributed by atoms with Gasteiger partial charge in [0.15, 0.2) is 0 Å². The van der Waals surface area contributed by atoms with Crippen molar-refractivity contribution in [1.29, 1.82) is 5.26 Å². The van der Waals surface area contributed by atoms with Crippen molar-refractivity contribution < 1.29 is 0 Å². The van der Waals surface area contributed by atoms with Gasteiger partial charge in [0.2, 0.25) is 0 Å². The van der Waals surface area contributed by atoms with E-state index < -0.39 is 0 Å². The first kappa shape index (κ1) is 8.62. The van der Waals surface area contributed by atoms with Gasteiger partial charge in [-0.1, -0.05) is 11.6 Å². The van der Waals surface area contributed by atoms with Crippen molar-refractivity contribution in [2.45, 2.75) is 0 Å². The molecule has 0 atom stereocenters. The van der Waals surface area contributed by atoms with E-state index in [9.17, 15) is 4.79 Å². The second kappa shape index (κ2) is 2.88. The van der Waals surface area contributed by atoms with Crippen LogP contribution in [-0.4, -0.2) is 4.57 Å². The van der Waals surface area contributed by atoms with Crippen LogP contribution in [0.1, 0.15) is 5.56 Å². The number of nitriles is 1. The number of halogens is 1. The monoisotopic (exact) mass is 183 g/mol. The van der Waals surface area contributed by atoms with E-state index in [1.54, 1.807) is 0 Å². The lowest BCUT2D eigenvalue weighted by molar-refractivity contribution is 0.872. The third kappa shape index (κ3) is 1.15. The Labute approximate surface area is 73.8 Å². The summed E-state index contributed by atoms with van der Waals surface area (Å²) in [4.78, 5) is 11.0. The van der Waals surface area contributed by atoms with E-state index in [4.69, 9.17) is 22.6 Å². The predicted octanol–water partition coefficient (Wildman–Crippen LogP) is 0.493. The predicted molar refractivity (Wildman–Crippen MR) is 45.8 cm³/mol. The Morgan fingerprint density at radius 3 is 2.83 bits per heavy atom. The Hall–Kier alpha value is -1.47. The maximum atomic E-state index is 11.0. The molecule has 0 aliphatic carbocycles. The van der Waals surface area contributed by atoms with Crippen LogP contribution in [0.15, 0.2) is 10.9 Å². The molecule has 1 rings (SSSR count). The maximum Gasteiger partial charge on any atom is 0.253 e. The number of nitrogens with two attached hydrogens (primary N) is 1. The minimum Gasteiger partial charge on any atom is -0.384 e. The molecule has 0 aliphatic heterocycles. The van der Waals surface area contributed by atoms with Gasteiger partial charge in [0, 0.05) is 13.1 Å². The van der Waals surface area contributed by atoms with Crippen molar-refractivity contribution in [3.8, 4) is 6.07 Å². The Morgan fingerprint density at radius 2 is 2.33 bits per heavy atom. The van der Waals surface area contributed by atoms with Gasteiger partial charge in [0.1, 0.15) is 17.5 Å². The van der Waals surface area contributed by atoms with Crippen LogP contribution in [0.4, 0.5) is 5.82 Å². The molecule has 2 N–H and O–H groups in total. The summed E-state index contributed by atoms with van der Waals surface area (Å²) in [6.07, 6.45) is 0. The number of hydrogen-bond donors (Lipinski definition) is 1. The number of pyridine rings is 1. The summed E-state index contributed by atoms with van der Waals surface area (Å²) in [5.41, 5.74) is 5.27. The third-order valence-corrected chi connectivity index (χ3v) is 1.85. The van der Waals surface area contributed by atoms with Gasteiger partial charge < -0.3 is 5.73 Å². The molecule has 0 unspecified atom stereocenters. The summed E-state index contributed by atoms with van der Waals surface area (Å²) in [5.74, 6) is 0.0926. The van der Waals surface area contributed by atoms with Crippen LogP contribution in [0.5, 0.6) is 0 Å². The van der Waals surface area contributed by atoms with Crippen molar-refractivity contribution in [3.63, 3.8) is 0 Å². The molecule has 12 heavy (non-hydrogen) atoms. The summed E-state index contributed by atoms with van der Waals surface area (Å²) in [6, 6.07) is 2.98. The molecule has 4 nitrogen and oxygen atoms in total. The van der Waals surface area contributed by atoms with Crippen molar-refractivity contribution in [1.82, 2.24) is 4.57 Å². The number of aromatic nitrogens is 1. The van der Waals surface area contributed by atoms with Crippen LogP contribution in [0.2, 0.25) is 5.02 Å². The molecular weight excluding hydrogens is 178 g/mol. The van der Waals surface area contributed by atoms with Crippen molar-refractivity contribution >= 4 is 17.4 Å². The second-order valence-electron chi connectivity index (χ2n) is 2.26. The zero-order valence-electron chi connectivity index (χ0n) is 6.34. The first-order valence-electron chi connectivity index (χ1n) is 3.13. The van der Waals surface area contributed by atoms with Gasteiger partial charge in [0.25, 0.3) is 5.56 Å². The molecule has 5 heteroatoms. The minimum atomic E-state index is -0.323. The average Bonchev–Trinajstić information content (AvgIpc) is 2.01. The third-order valence-electron chi connectivity index (χ3n) is 1.55. The van der Waals surface area contributed by atoms with E-state index in [1.165, 1.54) is 11.6 Å². The van der Waals surface area contributed by atoms with Gasteiger partial charge in [0.05, 0.1) is 5.02 Å². The lowest BCUT2D eigenvalue weighted by Gasteiger charge is -2.04. The fourth-order valence-electron chi connectivity index (χ4n) is 0.797. The van der Waals surface area contributed by atoms with E-state index in [1.807, 2.05) is 6.07 Å². The zero-order valence-corrected chi connectivity index (χ0v) is 7.09. The molecule has 0 fully saturated rings. The fourth-order valence-corrected chi connectivity index (χ4v) is 1.03. The molecule has 0 aromatic carbocycles. The highest BCUT2D eigenvalue weighted by molar-refractivity contribution is 6.32. The van der Waals surface area contributed by atoms with E-state index in [2.05, 4.69) is 0 Å².